The molecular weight excluding hydrogens is 324 g/mol. The van der Waals surface area contributed by atoms with E-state index in [-0.39, 0.29) is 0 Å². The number of halogens is 1. The first-order valence-electron chi connectivity index (χ1n) is 6.16. The summed E-state index contributed by atoms with van der Waals surface area (Å²) >= 11 is 5.25. The van der Waals surface area contributed by atoms with Gasteiger partial charge in [0.25, 0.3) is 0 Å². The third kappa shape index (κ3) is 3.58. The molecule has 19 heavy (non-hydrogen) atoms. The fourth-order valence-corrected chi connectivity index (χ4v) is 3.50. The van der Waals surface area contributed by atoms with Gasteiger partial charge in [-0.15, -0.1) is 0 Å². The molecule has 0 amide bonds. The summed E-state index contributed by atoms with van der Waals surface area (Å²) in [5, 5.41) is 8.37. The molecule has 6 heteroatoms. The Morgan fingerprint density at radius 2 is 2.26 bits per heavy atom. The zero-order valence-electron chi connectivity index (χ0n) is 11.2. The molecule has 0 aliphatic heterocycles. The normalized spacial score (nSPS) is 12.6. The molecule has 0 aliphatic rings. The maximum absolute atomic E-state index is 4.21. The molecule has 0 fully saturated rings. The molecule has 1 aromatic carbocycles. The fraction of sp³-hybridized carbons (Fsp3) is 0.385. The lowest BCUT2D eigenvalue weighted by molar-refractivity contribution is 0.595. The van der Waals surface area contributed by atoms with Crippen molar-refractivity contribution in [1.82, 2.24) is 20.1 Å². The van der Waals surface area contributed by atoms with Gasteiger partial charge in [0.05, 0.1) is 0 Å². The first-order chi connectivity index (χ1) is 9.11. The lowest BCUT2D eigenvalue weighted by Crippen LogP contribution is -2.18. The van der Waals surface area contributed by atoms with Crippen LogP contribution in [0.3, 0.4) is 0 Å². The third-order valence-electron chi connectivity index (χ3n) is 2.83. The highest BCUT2D eigenvalue weighted by Gasteiger charge is 2.10. The van der Waals surface area contributed by atoms with Crippen molar-refractivity contribution in [2.24, 2.45) is 7.05 Å². The van der Waals surface area contributed by atoms with E-state index in [1.54, 1.807) is 22.8 Å². The molecule has 1 aromatic heterocycles. The Morgan fingerprint density at radius 3 is 2.84 bits per heavy atom. The van der Waals surface area contributed by atoms with Crippen molar-refractivity contribution < 1.29 is 0 Å². The molecule has 0 bridgehead atoms. The number of hydrogen-bond acceptors (Lipinski definition) is 4. The van der Waals surface area contributed by atoms with Crippen molar-refractivity contribution in [1.29, 1.82) is 0 Å². The first kappa shape index (κ1) is 14.6. The Hall–Kier alpha value is -0.850. The van der Waals surface area contributed by atoms with E-state index in [2.05, 4.69) is 63.4 Å². The number of hydrogen-bond donors (Lipinski definition) is 1. The monoisotopic (exact) mass is 340 g/mol. The molecule has 1 atom stereocenters. The number of nitrogens with zero attached hydrogens (tertiary/aromatic N) is 3. The van der Waals surface area contributed by atoms with Crippen LogP contribution in [0.25, 0.3) is 0 Å². The zero-order chi connectivity index (χ0) is 13.8. The van der Waals surface area contributed by atoms with Crippen LogP contribution in [0, 0.1) is 0 Å². The molecule has 102 valence electrons. The van der Waals surface area contributed by atoms with E-state index >= 15 is 0 Å². The van der Waals surface area contributed by atoms with Crippen molar-refractivity contribution >= 4 is 27.7 Å². The second kappa shape index (κ2) is 6.54. The second-order valence-electron chi connectivity index (χ2n) is 4.23. The Labute approximate surface area is 126 Å². The number of benzene rings is 1. The van der Waals surface area contributed by atoms with Crippen LogP contribution >= 0.6 is 27.7 Å². The Balaban J connectivity index is 2.17. The van der Waals surface area contributed by atoms with Gasteiger partial charge in [0.2, 0.25) is 0 Å². The van der Waals surface area contributed by atoms with E-state index < -0.39 is 0 Å². The van der Waals surface area contributed by atoms with Gasteiger partial charge in [-0.3, -0.25) is 0 Å². The third-order valence-corrected chi connectivity index (χ3v) is 4.56. The summed E-state index contributed by atoms with van der Waals surface area (Å²) in [5.41, 5.74) is 1.27. The topological polar surface area (TPSA) is 42.7 Å². The minimum atomic E-state index is 0.341. The van der Waals surface area contributed by atoms with Crippen LogP contribution in [-0.2, 0) is 7.05 Å². The molecule has 0 saturated carbocycles. The summed E-state index contributed by atoms with van der Waals surface area (Å²) in [6.45, 7) is 5.24. The Bertz CT molecular complexity index is 555. The Morgan fingerprint density at radius 1 is 1.47 bits per heavy atom. The quantitative estimate of drug-likeness (QED) is 0.905. The van der Waals surface area contributed by atoms with Crippen molar-refractivity contribution in [2.45, 2.75) is 29.9 Å². The molecule has 2 rings (SSSR count). The highest BCUT2D eigenvalue weighted by molar-refractivity contribution is 9.10. The predicted octanol–water partition coefficient (Wildman–Crippen LogP) is 3.40. The van der Waals surface area contributed by atoms with E-state index in [1.807, 2.05) is 7.05 Å². The summed E-state index contributed by atoms with van der Waals surface area (Å²) < 4.78 is 2.89. The average Bonchev–Trinajstić information content (AvgIpc) is 2.75. The minimum absolute atomic E-state index is 0.341. The van der Waals surface area contributed by atoms with Gasteiger partial charge in [-0.25, -0.2) is 9.67 Å². The summed E-state index contributed by atoms with van der Waals surface area (Å²) in [6.07, 6.45) is 1.57. The van der Waals surface area contributed by atoms with Crippen LogP contribution in [0.5, 0.6) is 0 Å². The van der Waals surface area contributed by atoms with Gasteiger partial charge in [-0.05, 0) is 31.2 Å². The fourth-order valence-electron chi connectivity index (χ4n) is 1.82. The van der Waals surface area contributed by atoms with Crippen molar-refractivity contribution in [2.75, 3.05) is 6.54 Å². The number of aromatic nitrogens is 3. The molecule has 2 aromatic rings. The summed E-state index contributed by atoms with van der Waals surface area (Å²) in [7, 11) is 1.89. The molecule has 1 N–H and O–H groups in total. The second-order valence-corrected chi connectivity index (χ2v) is 6.13. The zero-order valence-corrected chi connectivity index (χ0v) is 13.6. The summed E-state index contributed by atoms with van der Waals surface area (Å²) in [6, 6.07) is 6.74. The van der Waals surface area contributed by atoms with E-state index in [4.69, 9.17) is 0 Å². The van der Waals surface area contributed by atoms with Crippen LogP contribution in [0.2, 0.25) is 0 Å². The molecule has 0 aliphatic carbocycles. The standard InChI is InChI=1S/C13H17BrN4S/c1-4-15-9(2)11-6-5-10(7-12(11)14)19-13-16-8-17-18(13)3/h5-9,15H,4H2,1-3H3. The smallest absolute Gasteiger partial charge is 0.190 e. The van der Waals surface area contributed by atoms with Gasteiger partial charge in [-0.2, -0.15) is 5.10 Å². The van der Waals surface area contributed by atoms with Gasteiger partial charge in [0.15, 0.2) is 5.16 Å². The van der Waals surface area contributed by atoms with E-state index in [1.165, 1.54) is 5.56 Å². The first-order valence-corrected chi connectivity index (χ1v) is 7.77. The molecule has 0 radical (unpaired) electrons. The van der Waals surface area contributed by atoms with Crippen molar-refractivity contribution in [3.05, 3.63) is 34.6 Å². The molecule has 1 heterocycles. The average molecular weight is 341 g/mol. The molecule has 1 unspecified atom stereocenters. The van der Waals surface area contributed by atoms with Gasteiger partial charge < -0.3 is 5.32 Å². The minimum Gasteiger partial charge on any atom is -0.310 e. The lowest BCUT2D eigenvalue weighted by Gasteiger charge is -2.15. The van der Waals surface area contributed by atoms with Crippen LogP contribution in [0.1, 0.15) is 25.5 Å². The highest BCUT2D eigenvalue weighted by atomic mass is 79.9. The highest BCUT2D eigenvalue weighted by Crippen LogP contribution is 2.31. The van der Waals surface area contributed by atoms with Crippen LogP contribution < -0.4 is 5.32 Å². The largest absolute Gasteiger partial charge is 0.310 e. The van der Waals surface area contributed by atoms with Gasteiger partial charge in [0.1, 0.15) is 6.33 Å². The van der Waals surface area contributed by atoms with Gasteiger partial charge >= 0.3 is 0 Å². The predicted molar refractivity (Wildman–Crippen MR) is 81.4 cm³/mol. The van der Waals surface area contributed by atoms with Gasteiger partial charge in [0, 0.05) is 22.5 Å². The number of nitrogens with one attached hydrogen (secondary N) is 1. The van der Waals surface area contributed by atoms with Crippen LogP contribution in [0.15, 0.2) is 39.1 Å². The van der Waals surface area contributed by atoms with Crippen LogP contribution in [-0.4, -0.2) is 21.3 Å². The van der Waals surface area contributed by atoms with Crippen molar-refractivity contribution in [3.63, 3.8) is 0 Å². The van der Waals surface area contributed by atoms with Crippen molar-refractivity contribution in [3.8, 4) is 0 Å². The van der Waals surface area contributed by atoms with E-state index in [9.17, 15) is 0 Å². The number of rotatable bonds is 5. The van der Waals surface area contributed by atoms with E-state index in [0.29, 0.717) is 6.04 Å². The van der Waals surface area contributed by atoms with E-state index in [0.717, 1.165) is 21.1 Å². The summed E-state index contributed by atoms with van der Waals surface area (Å²) in [4.78, 5) is 5.36. The molecule has 0 spiro atoms. The maximum Gasteiger partial charge on any atom is 0.190 e. The maximum atomic E-state index is 4.21. The molecule has 0 saturated heterocycles. The number of aryl methyl sites for hydroxylation is 1. The SMILES string of the molecule is CCNC(C)c1ccc(Sc2ncnn2C)cc1Br. The molecule has 4 nitrogen and oxygen atoms in total. The van der Waals surface area contributed by atoms with Gasteiger partial charge in [-0.1, -0.05) is 40.7 Å². The summed E-state index contributed by atoms with van der Waals surface area (Å²) in [5.74, 6) is 0. The lowest BCUT2D eigenvalue weighted by atomic mass is 10.1. The van der Waals surface area contributed by atoms with Crippen LogP contribution in [0.4, 0.5) is 0 Å². The Kier molecular flexibility index (Phi) is 5.01. The molecular formula is C13H17BrN4S.